The standard InChI is InChI=1S/C5H10O3/c1-3-7-4-8-5(2)6/h3-4H2,1-2H3. The van der Waals surface area contributed by atoms with Crippen molar-refractivity contribution >= 4 is 5.97 Å². The first-order valence-electron chi connectivity index (χ1n) is 2.48. The summed E-state index contributed by atoms with van der Waals surface area (Å²) in [5.74, 6) is -0.307. The van der Waals surface area contributed by atoms with Gasteiger partial charge in [0.2, 0.25) is 0 Å². The molecule has 8 heavy (non-hydrogen) atoms. The number of hydrogen-bond donors (Lipinski definition) is 0. The van der Waals surface area contributed by atoms with E-state index in [2.05, 4.69) is 4.74 Å². The molecule has 0 rings (SSSR count). The summed E-state index contributed by atoms with van der Waals surface area (Å²) >= 11 is 0. The molecule has 0 aliphatic rings. The largest absolute Gasteiger partial charge is 0.439 e. The van der Waals surface area contributed by atoms with Crippen LogP contribution in [0.3, 0.4) is 0 Å². The fourth-order valence-electron chi connectivity index (χ4n) is 0.208. The lowest BCUT2D eigenvalue weighted by Gasteiger charge is -1.98. The van der Waals surface area contributed by atoms with E-state index in [1.807, 2.05) is 6.92 Å². The summed E-state index contributed by atoms with van der Waals surface area (Å²) in [6.45, 7) is 3.83. The van der Waals surface area contributed by atoms with E-state index in [1.54, 1.807) is 0 Å². The van der Waals surface area contributed by atoms with Gasteiger partial charge in [-0.1, -0.05) is 0 Å². The molecule has 0 spiro atoms. The highest BCUT2D eigenvalue weighted by Crippen LogP contribution is 1.76. The van der Waals surface area contributed by atoms with E-state index in [0.717, 1.165) is 0 Å². The van der Waals surface area contributed by atoms with Crippen LogP contribution in [0, 0.1) is 0 Å². The smallest absolute Gasteiger partial charge is 0.304 e. The third-order valence-electron chi connectivity index (χ3n) is 0.550. The van der Waals surface area contributed by atoms with Gasteiger partial charge in [-0.2, -0.15) is 0 Å². The topological polar surface area (TPSA) is 35.5 Å². The van der Waals surface area contributed by atoms with Gasteiger partial charge in [0.15, 0.2) is 6.79 Å². The lowest BCUT2D eigenvalue weighted by Crippen LogP contribution is -2.03. The van der Waals surface area contributed by atoms with Gasteiger partial charge >= 0.3 is 5.97 Å². The Morgan fingerprint density at radius 1 is 1.62 bits per heavy atom. The molecule has 3 heteroatoms. The normalized spacial score (nSPS) is 8.75. The predicted molar refractivity (Wildman–Crippen MR) is 28.3 cm³/mol. The maximum atomic E-state index is 10.0. The van der Waals surface area contributed by atoms with Crippen LogP contribution in [0.15, 0.2) is 0 Å². The van der Waals surface area contributed by atoms with Crippen molar-refractivity contribution in [1.29, 1.82) is 0 Å². The quantitative estimate of drug-likeness (QED) is 0.308. The molecular formula is C5H10O3. The van der Waals surface area contributed by atoms with Gasteiger partial charge in [0.05, 0.1) is 0 Å². The van der Waals surface area contributed by atoms with E-state index in [1.165, 1.54) is 6.92 Å². The van der Waals surface area contributed by atoms with E-state index in [0.29, 0.717) is 6.61 Å². The molecular weight excluding hydrogens is 108 g/mol. The van der Waals surface area contributed by atoms with Gasteiger partial charge in [-0.05, 0) is 6.92 Å². The van der Waals surface area contributed by atoms with Crippen LogP contribution in [-0.4, -0.2) is 19.4 Å². The van der Waals surface area contributed by atoms with Crippen molar-refractivity contribution in [1.82, 2.24) is 0 Å². The van der Waals surface area contributed by atoms with Crippen molar-refractivity contribution in [2.24, 2.45) is 0 Å². The monoisotopic (exact) mass is 118 g/mol. The number of carbonyl (C=O) groups excluding carboxylic acids is 1. The van der Waals surface area contributed by atoms with Gasteiger partial charge in [0.1, 0.15) is 0 Å². The molecule has 0 aromatic heterocycles. The van der Waals surface area contributed by atoms with E-state index in [9.17, 15) is 4.79 Å². The lowest BCUT2D eigenvalue weighted by atomic mass is 10.8. The average molecular weight is 118 g/mol. The molecule has 0 fully saturated rings. The van der Waals surface area contributed by atoms with Crippen molar-refractivity contribution < 1.29 is 14.3 Å². The Hall–Kier alpha value is -0.570. The summed E-state index contributed by atoms with van der Waals surface area (Å²) in [7, 11) is 0. The average Bonchev–Trinajstić information content (AvgIpc) is 1.66. The Labute approximate surface area is 48.6 Å². The number of rotatable bonds is 3. The number of carbonyl (C=O) groups is 1. The van der Waals surface area contributed by atoms with Gasteiger partial charge in [0.25, 0.3) is 0 Å². The first-order chi connectivity index (χ1) is 3.77. The van der Waals surface area contributed by atoms with Gasteiger partial charge in [-0.15, -0.1) is 0 Å². The Bertz CT molecular complexity index is 70.1. The summed E-state index contributed by atoms with van der Waals surface area (Å²) in [4.78, 5) is 10.0. The third-order valence-corrected chi connectivity index (χ3v) is 0.550. The van der Waals surface area contributed by atoms with Crippen molar-refractivity contribution in [3.05, 3.63) is 0 Å². The number of esters is 1. The molecule has 0 saturated heterocycles. The highest BCUT2D eigenvalue weighted by Gasteiger charge is 1.87. The zero-order valence-corrected chi connectivity index (χ0v) is 5.14. The van der Waals surface area contributed by atoms with Gasteiger partial charge in [-0.25, -0.2) is 0 Å². The molecule has 0 aliphatic carbocycles. The zero-order valence-electron chi connectivity index (χ0n) is 5.14. The molecule has 0 atom stereocenters. The Morgan fingerprint density at radius 3 is 2.62 bits per heavy atom. The summed E-state index contributed by atoms with van der Waals surface area (Å²) in [5, 5.41) is 0. The predicted octanol–water partition coefficient (Wildman–Crippen LogP) is 0.544. The summed E-state index contributed by atoms with van der Waals surface area (Å²) in [6.07, 6.45) is 0. The minimum Gasteiger partial charge on any atom is -0.439 e. The van der Waals surface area contributed by atoms with E-state index in [4.69, 9.17) is 4.74 Å². The molecule has 0 bridgehead atoms. The summed E-state index contributed by atoms with van der Waals surface area (Å²) < 4.78 is 9.12. The molecule has 0 amide bonds. The SMILES string of the molecule is CCOCOC(C)=O. The molecule has 0 radical (unpaired) electrons. The van der Waals surface area contributed by atoms with Gasteiger partial charge in [-0.3, -0.25) is 4.79 Å². The molecule has 48 valence electrons. The molecule has 0 aromatic rings. The van der Waals surface area contributed by atoms with Crippen molar-refractivity contribution in [3.8, 4) is 0 Å². The molecule has 0 heterocycles. The molecule has 0 unspecified atom stereocenters. The molecule has 0 aliphatic heterocycles. The lowest BCUT2D eigenvalue weighted by molar-refractivity contribution is -0.153. The first-order valence-corrected chi connectivity index (χ1v) is 2.48. The maximum Gasteiger partial charge on any atom is 0.304 e. The second kappa shape index (κ2) is 4.59. The molecule has 0 N–H and O–H groups in total. The Kier molecular flexibility index (Phi) is 4.26. The second-order valence-corrected chi connectivity index (χ2v) is 1.25. The first kappa shape index (κ1) is 7.43. The van der Waals surface area contributed by atoms with Crippen LogP contribution in [0.2, 0.25) is 0 Å². The molecule has 3 nitrogen and oxygen atoms in total. The van der Waals surface area contributed by atoms with Crippen LogP contribution in [0.4, 0.5) is 0 Å². The van der Waals surface area contributed by atoms with Crippen molar-refractivity contribution in [2.45, 2.75) is 13.8 Å². The van der Waals surface area contributed by atoms with Crippen LogP contribution in [0.25, 0.3) is 0 Å². The Balaban J connectivity index is 2.82. The molecule has 0 aromatic carbocycles. The Morgan fingerprint density at radius 2 is 2.25 bits per heavy atom. The fraction of sp³-hybridized carbons (Fsp3) is 0.800. The highest BCUT2D eigenvalue weighted by molar-refractivity contribution is 5.65. The van der Waals surface area contributed by atoms with E-state index in [-0.39, 0.29) is 12.8 Å². The van der Waals surface area contributed by atoms with Crippen molar-refractivity contribution in [2.75, 3.05) is 13.4 Å². The van der Waals surface area contributed by atoms with Gasteiger partial charge < -0.3 is 9.47 Å². The highest BCUT2D eigenvalue weighted by atomic mass is 16.7. The van der Waals surface area contributed by atoms with E-state index >= 15 is 0 Å². The molecule has 0 saturated carbocycles. The van der Waals surface area contributed by atoms with Crippen LogP contribution in [0.5, 0.6) is 0 Å². The summed E-state index contributed by atoms with van der Waals surface area (Å²) in [5.41, 5.74) is 0. The fourth-order valence-corrected chi connectivity index (χ4v) is 0.208. The van der Waals surface area contributed by atoms with Crippen LogP contribution in [-0.2, 0) is 14.3 Å². The maximum absolute atomic E-state index is 10.0. The minimum absolute atomic E-state index is 0.0752. The minimum atomic E-state index is -0.307. The van der Waals surface area contributed by atoms with Crippen LogP contribution in [0.1, 0.15) is 13.8 Å². The number of ether oxygens (including phenoxy) is 2. The van der Waals surface area contributed by atoms with Crippen LogP contribution < -0.4 is 0 Å². The third kappa shape index (κ3) is 5.43. The van der Waals surface area contributed by atoms with Gasteiger partial charge in [0, 0.05) is 13.5 Å². The van der Waals surface area contributed by atoms with Crippen molar-refractivity contribution in [3.63, 3.8) is 0 Å². The summed E-state index contributed by atoms with van der Waals surface area (Å²) in [6, 6.07) is 0. The zero-order chi connectivity index (χ0) is 6.41. The van der Waals surface area contributed by atoms with E-state index < -0.39 is 0 Å². The second-order valence-electron chi connectivity index (χ2n) is 1.25. The number of hydrogen-bond acceptors (Lipinski definition) is 3. The van der Waals surface area contributed by atoms with Crippen LogP contribution >= 0.6 is 0 Å².